The molecule has 7 atom stereocenters. The van der Waals surface area contributed by atoms with Crippen molar-refractivity contribution in [3.8, 4) is 0 Å². The summed E-state index contributed by atoms with van der Waals surface area (Å²) in [6, 6.07) is 0. The lowest BCUT2D eigenvalue weighted by molar-refractivity contribution is -0.366. The van der Waals surface area contributed by atoms with Gasteiger partial charge >= 0.3 is 11.9 Å². The molecule has 2 aliphatic carbocycles. The molecule has 0 amide bonds. The first-order valence-electron chi connectivity index (χ1n) is 9.11. The molecule has 0 unspecified atom stereocenters. The maximum atomic E-state index is 12.6. The highest BCUT2D eigenvalue weighted by Crippen LogP contribution is 2.62. The summed E-state index contributed by atoms with van der Waals surface area (Å²) in [4.78, 5) is 36.1. The summed E-state index contributed by atoms with van der Waals surface area (Å²) in [5.74, 6) is -1.93. The van der Waals surface area contributed by atoms with E-state index in [0.29, 0.717) is 11.1 Å². The van der Waals surface area contributed by atoms with Crippen LogP contribution in [0.4, 0.5) is 0 Å². The Kier molecular flexibility index (Phi) is 3.77. The van der Waals surface area contributed by atoms with Crippen molar-refractivity contribution in [2.45, 2.75) is 63.1 Å². The highest BCUT2D eigenvalue weighted by molar-refractivity contribution is 5.91. The smallest absolute Gasteiger partial charge is 0.334 e. The number of hydrogen-bond acceptors (Lipinski definition) is 7. The average molecular weight is 376 g/mol. The van der Waals surface area contributed by atoms with Crippen molar-refractivity contribution in [2.24, 2.45) is 11.8 Å². The van der Waals surface area contributed by atoms with E-state index in [1.807, 2.05) is 13.0 Å². The van der Waals surface area contributed by atoms with E-state index >= 15 is 0 Å². The predicted molar refractivity (Wildman–Crippen MR) is 93.0 cm³/mol. The van der Waals surface area contributed by atoms with Crippen LogP contribution in [-0.2, 0) is 28.8 Å². The van der Waals surface area contributed by atoms with E-state index in [9.17, 15) is 14.7 Å². The zero-order valence-electron chi connectivity index (χ0n) is 15.9. The van der Waals surface area contributed by atoms with E-state index in [1.165, 1.54) is 0 Å². The third-order valence-corrected chi connectivity index (χ3v) is 6.73. The molecular weight excluding hydrogens is 352 g/mol. The summed E-state index contributed by atoms with van der Waals surface area (Å²) in [5.41, 5.74) is -2.87. The fourth-order valence-corrected chi connectivity index (χ4v) is 4.84. The molecule has 1 saturated carbocycles. The van der Waals surface area contributed by atoms with E-state index in [2.05, 4.69) is 6.58 Å². The predicted octanol–water partition coefficient (Wildman–Crippen LogP) is 1.76. The Hall–Kier alpha value is -1.96. The van der Waals surface area contributed by atoms with E-state index in [-0.39, 0.29) is 6.42 Å². The van der Waals surface area contributed by atoms with E-state index in [4.69, 9.17) is 19.2 Å². The number of hydrogen-bond donors (Lipinski definition) is 1. The minimum Gasteiger partial charge on any atom is -0.458 e. The van der Waals surface area contributed by atoms with Gasteiger partial charge in [-0.3, -0.25) is 0 Å². The standard InChI is InChI=1S/C20H24O7/c1-6-10(2)16(22)25-19(5)13(21)9-12-11(3)17(23)24-14(12)15-18(4)7-8-20(15,19)27-26-18/h6-8,12-15,21H,3,9H2,1-2,4-5H3/b10-6+/t12-,13+,14-,15-,18-,19+,20-/m0/s1. The number of rotatable bonds is 2. The highest BCUT2D eigenvalue weighted by atomic mass is 17.2. The van der Waals surface area contributed by atoms with Gasteiger partial charge in [0.25, 0.3) is 0 Å². The molecule has 7 heteroatoms. The normalized spacial score (nSPS) is 48.1. The Morgan fingerprint density at radius 1 is 1.37 bits per heavy atom. The summed E-state index contributed by atoms with van der Waals surface area (Å²) >= 11 is 0. The molecule has 0 aromatic rings. The van der Waals surface area contributed by atoms with Crippen LogP contribution in [0.3, 0.4) is 0 Å². The Labute approximate surface area is 157 Å². The molecule has 0 aromatic heterocycles. The summed E-state index contributed by atoms with van der Waals surface area (Å²) in [5, 5.41) is 11.1. The van der Waals surface area contributed by atoms with Gasteiger partial charge in [-0.2, -0.15) is 0 Å². The van der Waals surface area contributed by atoms with Gasteiger partial charge < -0.3 is 14.6 Å². The highest BCUT2D eigenvalue weighted by Gasteiger charge is 2.77. The van der Waals surface area contributed by atoms with Crippen molar-refractivity contribution in [1.82, 2.24) is 0 Å². The second-order valence-corrected chi connectivity index (χ2v) is 8.18. The minimum atomic E-state index is -1.44. The van der Waals surface area contributed by atoms with Crippen LogP contribution in [-0.4, -0.2) is 46.1 Å². The largest absolute Gasteiger partial charge is 0.458 e. The Bertz CT molecular complexity index is 798. The van der Waals surface area contributed by atoms with Gasteiger partial charge in [-0.05, 0) is 40.2 Å². The maximum absolute atomic E-state index is 12.6. The number of fused-ring (bicyclic) bond motifs is 1. The fraction of sp³-hybridized carbons (Fsp3) is 0.600. The molecule has 3 fully saturated rings. The van der Waals surface area contributed by atoms with Crippen molar-refractivity contribution in [2.75, 3.05) is 0 Å². The van der Waals surface area contributed by atoms with Gasteiger partial charge in [-0.1, -0.05) is 18.7 Å². The molecular formula is C20H24O7. The third kappa shape index (κ3) is 2.13. The van der Waals surface area contributed by atoms with E-state index in [1.54, 1.807) is 32.9 Å². The van der Waals surface area contributed by atoms with Crippen molar-refractivity contribution >= 4 is 11.9 Å². The Morgan fingerprint density at radius 3 is 2.67 bits per heavy atom. The molecule has 7 nitrogen and oxygen atoms in total. The lowest BCUT2D eigenvalue weighted by Gasteiger charge is -2.44. The Balaban J connectivity index is 1.85. The minimum absolute atomic E-state index is 0.166. The molecule has 4 rings (SSSR count). The monoisotopic (exact) mass is 376 g/mol. The molecule has 4 aliphatic rings. The second kappa shape index (κ2) is 5.53. The molecule has 27 heavy (non-hydrogen) atoms. The van der Waals surface area contributed by atoms with Crippen LogP contribution in [0.25, 0.3) is 0 Å². The van der Waals surface area contributed by atoms with Crippen LogP contribution in [0.5, 0.6) is 0 Å². The molecule has 0 spiro atoms. The first kappa shape index (κ1) is 18.4. The number of ether oxygens (including phenoxy) is 2. The van der Waals surface area contributed by atoms with Gasteiger partial charge in [0.15, 0.2) is 11.2 Å². The number of aliphatic hydroxyl groups excluding tert-OH is 1. The first-order chi connectivity index (χ1) is 12.6. The van der Waals surface area contributed by atoms with E-state index < -0.39 is 52.8 Å². The van der Waals surface area contributed by atoms with Gasteiger partial charge in [0.2, 0.25) is 0 Å². The Morgan fingerprint density at radius 2 is 2.07 bits per heavy atom. The molecule has 2 aliphatic heterocycles. The molecule has 2 bridgehead atoms. The number of carbonyl (C=O) groups excluding carboxylic acids is 2. The summed E-state index contributed by atoms with van der Waals surface area (Å²) in [6.07, 6.45) is 3.68. The van der Waals surface area contributed by atoms with Gasteiger partial charge in [0.05, 0.1) is 12.0 Å². The van der Waals surface area contributed by atoms with Gasteiger partial charge in [-0.25, -0.2) is 19.4 Å². The van der Waals surface area contributed by atoms with Crippen LogP contribution in [0, 0.1) is 11.8 Å². The average Bonchev–Trinajstić information content (AvgIpc) is 3.18. The molecule has 146 valence electrons. The lowest BCUT2D eigenvalue weighted by Crippen LogP contribution is -2.63. The van der Waals surface area contributed by atoms with Crippen LogP contribution in [0.2, 0.25) is 0 Å². The third-order valence-electron chi connectivity index (χ3n) is 6.73. The SMILES string of the molecule is C=C1C(=O)O[C@@H]2[C@@H]3[C@@]4(C=C[C@]3(C)OO4)[C@](C)(OC(=O)/C(C)=C/C)[C@H](O)C[C@@H]12. The quantitative estimate of drug-likeness (QED) is 0.340. The zero-order valence-corrected chi connectivity index (χ0v) is 15.9. The molecule has 2 saturated heterocycles. The molecule has 0 aromatic carbocycles. The summed E-state index contributed by atoms with van der Waals surface area (Å²) in [7, 11) is 0. The maximum Gasteiger partial charge on any atom is 0.334 e. The van der Waals surface area contributed by atoms with Gasteiger partial charge in [0.1, 0.15) is 11.7 Å². The van der Waals surface area contributed by atoms with Crippen LogP contribution < -0.4 is 0 Å². The van der Waals surface area contributed by atoms with Crippen LogP contribution >= 0.6 is 0 Å². The van der Waals surface area contributed by atoms with Crippen molar-refractivity contribution in [3.05, 3.63) is 36.0 Å². The van der Waals surface area contributed by atoms with Crippen LogP contribution in [0.1, 0.15) is 34.1 Å². The molecule has 2 heterocycles. The number of carbonyl (C=O) groups is 2. The van der Waals surface area contributed by atoms with Crippen molar-refractivity contribution in [1.29, 1.82) is 0 Å². The molecule has 1 N–H and O–H groups in total. The second-order valence-electron chi connectivity index (χ2n) is 8.18. The summed E-state index contributed by atoms with van der Waals surface area (Å²) in [6.45, 7) is 10.7. The van der Waals surface area contributed by atoms with Gasteiger partial charge in [-0.15, -0.1) is 0 Å². The van der Waals surface area contributed by atoms with Crippen molar-refractivity contribution < 1.29 is 33.9 Å². The van der Waals surface area contributed by atoms with Gasteiger partial charge in [0, 0.05) is 17.1 Å². The van der Waals surface area contributed by atoms with Crippen LogP contribution in [0.15, 0.2) is 36.0 Å². The fourth-order valence-electron chi connectivity index (χ4n) is 4.84. The number of aliphatic hydroxyl groups is 1. The first-order valence-corrected chi connectivity index (χ1v) is 9.11. The number of allylic oxidation sites excluding steroid dienone is 1. The van der Waals surface area contributed by atoms with E-state index in [0.717, 1.165) is 0 Å². The summed E-state index contributed by atoms with van der Waals surface area (Å²) < 4.78 is 11.5. The van der Waals surface area contributed by atoms with Crippen molar-refractivity contribution in [3.63, 3.8) is 0 Å². The number of esters is 2. The zero-order chi connectivity index (χ0) is 19.8. The molecule has 0 radical (unpaired) electrons. The lowest BCUT2D eigenvalue weighted by atomic mass is 9.70. The topological polar surface area (TPSA) is 91.3 Å².